The molecule has 108 valence electrons. The van der Waals surface area contributed by atoms with Gasteiger partial charge in [-0.1, -0.05) is 36.4 Å². The fourth-order valence-corrected chi connectivity index (χ4v) is 3.22. The zero-order valence-corrected chi connectivity index (χ0v) is 12.4. The van der Waals surface area contributed by atoms with Gasteiger partial charge in [-0.15, -0.1) is 0 Å². The molecule has 0 saturated heterocycles. The zero-order valence-electron chi connectivity index (χ0n) is 12.4. The van der Waals surface area contributed by atoms with Crippen molar-refractivity contribution in [2.75, 3.05) is 7.11 Å². The molecule has 0 amide bonds. The van der Waals surface area contributed by atoms with Crippen molar-refractivity contribution in [2.24, 2.45) is 5.92 Å². The predicted molar refractivity (Wildman–Crippen MR) is 86.4 cm³/mol. The van der Waals surface area contributed by atoms with Gasteiger partial charge >= 0.3 is 0 Å². The molecule has 1 N–H and O–H groups in total. The average molecular weight is 279 g/mol. The lowest BCUT2D eigenvalue weighted by Crippen LogP contribution is -2.11. The third kappa shape index (κ3) is 3.33. The predicted octanol–water partition coefficient (Wildman–Crippen LogP) is 4.06. The molecular formula is C19H21NO. The average Bonchev–Trinajstić information content (AvgIpc) is 2.64. The van der Waals surface area contributed by atoms with E-state index in [-0.39, 0.29) is 0 Å². The molecule has 0 saturated carbocycles. The zero-order chi connectivity index (χ0) is 14.7. The summed E-state index contributed by atoms with van der Waals surface area (Å²) in [6, 6.07) is 16.9. The Bertz CT molecular complexity index is 633. The van der Waals surface area contributed by atoms with Crippen LogP contribution in [0, 0.1) is 11.3 Å². The molecular weight excluding hydrogens is 258 g/mol. The van der Waals surface area contributed by atoms with Crippen LogP contribution in [0.3, 0.4) is 0 Å². The first-order valence-corrected chi connectivity index (χ1v) is 7.50. The molecule has 2 aromatic carbocycles. The number of ether oxygens (including phenoxy) is 1. The van der Waals surface area contributed by atoms with Crippen LogP contribution in [0.25, 0.3) is 0 Å². The van der Waals surface area contributed by atoms with E-state index in [0.29, 0.717) is 5.92 Å². The van der Waals surface area contributed by atoms with Gasteiger partial charge in [0.1, 0.15) is 5.75 Å². The van der Waals surface area contributed by atoms with Crippen molar-refractivity contribution in [2.45, 2.75) is 25.7 Å². The van der Waals surface area contributed by atoms with E-state index < -0.39 is 0 Å². The Morgan fingerprint density at radius 3 is 2.62 bits per heavy atom. The van der Waals surface area contributed by atoms with Crippen LogP contribution < -0.4 is 4.74 Å². The van der Waals surface area contributed by atoms with E-state index in [4.69, 9.17) is 10.1 Å². The number of hydrogen-bond donors (Lipinski definition) is 1. The number of hydrogen-bond acceptors (Lipinski definition) is 2. The molecule has 0 aromatic heterocycles. The van der Waals surface area contributed by atoms with Gasteiger partial charge < -0.3 is 10.1 Å². The fraction of sp³-hybridized carbons (Fsp3) is 0.316. The molecule has 0 spiro atoms. The minimum absolute atomic E-state index is 0.508. The summed E-state index contributed by atoms with van der Waals surface area (Å²) in [5.41, 5.74) is 4.84. The van der Waals surface area contributed by atoms with Gasteiger partial charge in [0.2, 0.25) is 0 Å². The van der Waals surface area contributed by atoms with Crippen molar-refractivity contribution in [3.63, 3.8) is 0 Å². The first kappa shape index (κ1) is 13.9. The molecule has 2 aromatic rings. The summed E-state index contributed by atoms with van der Waals surface area (Å²) in [6.07, 6.45) is 3.75. The van der Waals surface area contributed by atoms with Crippen LogP contribution in [0.2, 0.25) is 0 Å². The number of rotatable bonds is 3. The van der Waals surface area contributed by atoms with E-state index in [2.05, 4.69) is 42.5 Å². The highest BCUT2D eigenvalue weighted by molar-refractivity contribution is 5.84. The SMILES string of the molecule is COc1ccc2c(c1)CC(Cc1ccccc1)CC(=N)C2. The van der Waals surface area contributed by atoms with Gasteiger partial charge in [-0.25, -0.2) is 0 Å². The summed E-state index contributed by atoms with van der Waals surface area (Å²) in [5, 5.41) is 8.22. The molecule has 1 atom stereocenters. The van der Waals surface area contributed by atoms with E-state index in [1.54, 1.807) is 7.11 Å². The van der Waals surface area contributed by atoms with Gasteiger partial charge in [0, 0.05) is 12.1 Å². The van der Waals surface area contributed by atoms with Crippen LogP contribution in [0.1, 0.15) is 23.1 Å². The Kier molecular flexibility index (Phi) is 4.05. The van der Waals surface area contributed by atoms with Crippen molar-refractivity contribution in [1.82, 2.24) is 0 Å². The molecule has 21 heavy (non-hydrogen) atoms. The lowest BCUT2D eigenvalue weighted by molar-refractivity contribution is 0.413. The van der Waals surface area contributed by atoms with Crippen LogP contribution >= 0.6 is 0 Å². The summed E-state index contributed by atoms with van der Waals surface area (Å²) < 4.78 is 5.35. The molecule has 0 aliphatic heterocycles. The number of fused-ring (bicyclic) bond motifs is 1. The standard InChI is InChI=1S/C19H21NO/c1-21-19-8-7-16-12-18(20)11-15(10-17(16)13-19)9-14-5-3-2-4-6-14/h2-8,13,15,20H,9-12H2,1H3. The van der Waals surface area contributed by atoms with Gasteiger partial charge in [-0.05, 0) is 54.0 Å². The summed E-state index contributed by atoms with van der Waals surface area (Å²) in [4.78, 5) is 0. The molecule has 1 unspecified atom stereocenters. The molecule has 0 fully saturated rings. The normalized spacial score (nSPS) is 18.0. The fourth-order valence-electron chi connectivity index (χ4n) is 3.22. The smallest absolute Gasteiger partial charge is 0.119 e. The third-order valence-corrected chi connectivity index (χ3v) is 4.23. The highest BCUT2D eigenvalue weighted by Crippen LogP contribution is 2.28. The Labute approximate surface area is 126 Å². The van der Waals surface area contributed by atoms with Crippen molar-refractivity contribution in [3.05, 3.63) is 65.2 Å². The van der Waals surface area contributed by atoms with Crippen LogP contribution in [-0.2, 0) is 19.3 Å². The minimum Gasteiger partial charge on any atom is -0.497 e. The lowest BCUT2D eigenvalue weighted by atomic mass is 9.90. The molecule has 0 radical (unpaired) electrons. The van der Waals surface area contributed by atoms with E-state index >= 15 is 0 Å². The van der Waals surface area contributed by atoms with E-state index in [0.717, 1.165) is 37.1 Å². The molecule has 1 aliphatic rings. The second-order valence-corrected chi connectivity index (χ2v) is 5.88. The number of methoxy groups -OCH3 is 1. The van der Waals surface area contributed by atoms with Crippen LogP contribution in [0.5, 0.6) is 5.75 Å². The van der Waals surface area contributed by atoms with Gasteiger partial charge in [-0.3, -0.25) is 0 Å². The first-order valence-electron chi connectivity index (χ1n) is 7.50. The Balaban J connectivity index is 1.84. The molecule has 1 aliphatic carbocycles. The number of nitrogens with one attached hydrogen (secondary N) is 1. The summed E-state index contributed by atoms with van der Waals surface area (Å²) >= 11 is 0. The number of benzene rings is 2. The highest BCUT2D eigenvalue weighted by atomic mass is 16.5. The van der Waals surface area contributed by atoms with E-state index in [1.165, 1.54) is 16.7 Å². The van der Waals surface area contributed by atoms with Crippen molar-refractivity contribution >= 4 is 5.71 Å². The van der Waals surface area contributed by atoms with E-state index in [1.807, 2.05) is 6.07 Å². The second kappa shape index (κ2) is 6.13. The molecule has 0 bridgehead atoms. The topological polar surface area (TPSA) is 33.1 Å². The molecule has 2 heteroatoms. The van der Waals surface area contributed by atoms with Gasteiger partial charge in [0.25, 0.3) is 0 Å². The van der Waals surface area contributed by atoms with Gasteiger partial charge in [0.05, 0.1) is 7.11 Å². The lowest BCUT2D eigenvalue weighted by Gasteiger charge is -2.15. The Morgan fingerprint density at radius 1 is 1.05 bits per heavy atom. The minimum atomic E-state index is 0.508. The quantitative estimate of drug-likeness (QED) is 0.844. The van der Waals surface area contributed by atoms with Crippen molar-refractivity contribution in [1.29, 1.82) is 5.41 Å². The maximum Gasteiger partial charge on any atom is 0.119 e. The maximum absolute atomic E-state index is 8.22. The molecule has 0 heterocycles. The summed E-state index contributed by atoms with van der Waals surface area (Å²) in [6.45, 7) is 0. The maximum atomic E-state index is 8.22. The van der Waals surface area contributed by atoms with Gasteiger partial charge in [0.15, 0.2) is 0 Å². The summed E-state index contributed by atoms with van der Waals surface area (Å²) in [5.74, 6) is 1.42. The Morgan fingerprint density at radius 2 is 1.86 bits per heavy atom. The highest BCUT2D eigenvalue weighted by Gasteiger charge is 2.20. The first-order chi connectivity index (χ1) is 10.2. The van der Waals surface area contributed by atoms with Crippen LogP contribution in [-0.4, -0.2) is 12.8 Å². The Hall–Kier alpha value is -2.09. The third-order valence-electron chi connectivity index (χ3n) is 4.23. The van der Waals surface area contributed by atoms with Crippen LogP contribution in [0.15, 0.2) is 48.5 Å². The largest absolute Gasteiger partial charge is 0.497 e. The van der Waals surface area contributed by atoms with E-state index in [9.17, 15) is 0 Å². The van der Waals surface area contributed by atoms with Crippen LogP contribution in [0.4, 0.5) is 0 Å². The van der Waals surface area contributed by atoms with Crippen molar-refractivity contribution < 1.29 is 4.74 Å². The molecule has 3 rings (SSSR count). The summed E-state index contributed by atoms with van der Waals surface area (Å²) in [7, 11) is 1.71. The monoisotopic (exact) mass is 279 g/mol. The van der Waals surface area contributed by atoms with Gasteiger partial charge in [-0.2, -0.15) is 0 Å². The second-order valence-electron chi connectivity index (χ2n) is 5.88. The molecule has 2 nitrogen and oxygen atoms in total. The van der Waals surface area contributed by atoms with Crippen molar-refractivity contribution in [3.8, 4) is 5.75 Å².